The molecule has 0 aliphatic carbocycles. The molecule has 2 atom stereocenters. The summed E-state index contributed by atoms with van der Waals surface area (Å²) >= 11 is 0. The molecule has 32 heavy (non-hydrogen) atoms. The van der Waals surface area contributed by atoms with Gasteiger partial charge in [0.25, 0.3) is 0 Å². The largest absolute Gasteiger partial charge is 0.454 e. The van der Waals surface area contributed by atoms with E-state index in [4.69, 9.17) is 14.2 Å². The second-order valence-corrected chi connectivity index (χ2v) is 8.81. The van der Waals surface area contributed by atoms with Gasteiger partial charge in [0.1, 0.15) is 6.10 Å². The highest BCUT2D eigenvalue weighted by molar-refractivity contribution is 5.80. The number of benzene rings is 2. The number of amides is 2. The molecule has 0 radical (unpaired) electrons. The van der Waals surface area contributed by atoms with Gasteiger partial charge in [-0.25, -0.2) is 0 Å². The van der Waals surface area contributed by atoms with Crippen molar-refractivity contribution in [2.45, 2.75) is 50.2 Å². The second-order valence-electron chi connectivity index (χ2n) is 8.81. The molecule has 7 nitrogen and oxygen atoms in total. The normalized spacial score (nSPS) is 23.5. The van der Waals surface area contributed by atoms with Crippen LogP contribution in [0.15, 0.2) is 42.5 Å². The molecule has 2 aromatic carbocycles. The van der Waals surface area contributed by atoms with Gasteiger partial charge in [-0.1, -0.05) is 30.3 Å². The predicted molar refractivity (Wildman–Crippen MR) is 117 cm³/mol. The van der Waals surface area contributed by atoms with Crippen molar-refractivity contribution in [2.75, 3.05) is 19.9 Å². The van der Waals surface area contributed by atoms with Gasteiger partial charge in [-0.3, -0.25) is 9.59 Å². The van der Waals surface area contributed by atoms with Crippen molar-refractivity contribution in [3.8, 4) is 11.5 Å². The van der Waals surface area contributed by atoms with E-state index in [2.05, 4.69) is 22.8 Å². The van der Waals surface area contributed by atoms with Crippen LogP contribution in [-0.2, 0) is 27.2 Å². The van der Waals surface area contributed by atoms with Crippen LogP contribution < -0.4 is 20.1 Å². The first kappa shape index (κ1) is 20.8. The van der Waals surface area contributed by atoms with Gasteiger partial charge in [-0.05, 0) is 54.5 Å². The average molecular weight is 437 g/mol. The van der Waals surface area contributed by atoms with Gasteiger partial charge >= 0.3 is 0 Å². The van der Waals surface area contributed by atoms with Crippen LogP contribution in [0.5, 0.6) is 11.5 Å². The Morgan fingerprint density at radius 3 is 2.88 bits per heavy atom. The molecule has 3 aliphatic rings. The zero-order valence-corrected chi connectivity index (χ0v) is 18.0. The van der Waals surface area contributed by atoms with Crippen LogP contribution in [0.4, 0.5) is 0 Å². The molecule has 2 amide bonds. The fourth-order valence-electron chi connectivity index (χ4n) is 4.92. The molecule has 2 aromatic rings. The Morgan fingerprint density at radius 1 is 1.12 bits per heavy atom. The van der Waals surface area contributed by atoms with E-state index in [1.54, 1.807) is 0 Å². The summed E-state index contributed by atoms with van der Waals surface area (Å²) in [7, 11) is 0. The summed E-state index contributed by atoms with van der Waals surface area (Å²) in [5, 5.41) is 6.17. The van der Waals surface area contributed by atoms with Gasteiger partial charge in [0.05, 0.1) is 6.61 Å². The summed E-state index contributed by atoms with van der Waals surface area (Å²) in [5.41, 5.74) is 3.08. The molecular weight excluding hydrogens is 408 g/mol. The summed E-state index contributed by atoms with van der Waals surface area (Å²) < 4.78 is 16.8. The maximum Gasteiger partial charge on any atom is 0.231 e. The first-order valence-electron chi connectivity index (χ1n) is 11.3. The predicted octanol–water partition coefficient (Wildman–Crippen LogP) is 2.82. The van der Waals surface area contributed by atoms with Crippen molar-refractivity contribution >= 4 is 11.8 Å². The van der Waals surface area contributed by atoms with Gasteiger partial charge in [0, 0.05) is 24.9 Å². The number of carbonyl (C=O) groups is 2. The highest BCUT2D eigenvalue weighted by atomic mass is 16.7. The van der Waals surface area contributed by atoms with E-state index in [9.17, 15) is 9.59 Å². The molecule has 3 heterocycles. The molecule has 5 rings (SSSR count). The average Bonchev–Trinajstić information content (AvgIpc) is 3.42. The summed E-state index contributed by atoms with van der Waals surface area (Å²) in [5.74, 6) is 1.48. The van der Waals surface area contributed by atoms with E-state index >= 15 is 0 Å². The number of hydrogen-bond acceptors (Lipinski definition) is 5. The van der Waals surface area contributed by atoms with Crippen molar-refractivity contribution in [3.63, 3.8) is 0 Å². The molecule has 0 unspecified atom stereocenters. The zero-order chi connectivity index (χ0) is 22.0. The maximum absolute atomic E-state index is 12.7. The van der Waals surface area contributed by atoms with Crippen LogP contribution in [0.1, 0.15) is 48.5 Å². The lowest BCUT2D eigenvalue weighted by Gasteiger charge is -2.30. The third kappa shape index (κ3) is 4.43. The van der Waals surface area contributed by atoms with Gasteiger partial charge in [0.15, 0.2) is 11.5 Å². The van der Waals surface area contributed by atoms with Crippen molar-refractivity contribution in [3.05, 3.63) is 59.2 Å². The minimum absolute atomic E-state index is 0.0251. The number of ether oxygens (including phenoxy) is 3. The van der Waals surface area contributed by atoms with E-state index in [1.165, 1.54) is 5.56 Å². The molecule has 1 saturated heterocycles. The zero-order valence-electron chi connectivity index (χ0n) is 18.0. The Morgan fingerprint density at radius 2 is 2.00 bits per heavy atom. The minimum Gasteiger partial charge on any atom is -0.454 e. The van der Waals surface area contributed by atoms with Gasteiger partial charge in [-0.15, -0.1) is 0 Å². The Bertz CT molecular complexity index is 1020. The molecule has 1 fully saturated rings. The SMILES string of the molecule is O=C(CC[C@@]1(Cc2ccc3c(c2)OCO3)CCC(=O)N1)NC[C@H]1OCCc2ccccc21. The summed E-state index contributed by atoms with van der Waals surface area (Å²) in [6.45, 7) is 1.36. The van der Waals surface area contributed by atoms with Crippen molar-refractivity contribution in [1.82, 2.24) is 10.6 Å². The van der Waals surface area contributed by atoms with E-state index in [1.807, 2.05) is 30.3 Å². The molecule has 0 saturated carbocycles. The van der Waals surface area contributed by atoms with Crippen LogP contribution in [0.25, 0.3) is 0 Å². The molecular formula is C25H28N2O5. The van der Waals surface area contributed by atoms with Crippen LogP contribution >= 0.6 is 0 Å². The molecule has 2 N–H and O–H groups in total. The van der Waals surface area contributed by atoms with Crippen LogP contribution in [0.2, 0.25) is 0 Å². The highest BCUT2D eigenvalue weighted by Crippen LogP contribution is 2.36. The first-order valence-corrected chi connectivity index (χ1v) is 11.3. The Balaban J connectivity index is 1.19. The monoisotopic (exact) mass is 436 g/mol. The number of nitrogens with one attached hydrogen (secondary N) is 2. The molecule has 3 aliphatic heterocycles. The van der Waals surface area contributed by atoms with E-state index < -0.39 is 5.54 Å². The van der Waals surface area contributed by atoms with E-state index in [-0.39, 0.29) is 24.7 Å². The third-order valence-corrected chi connectivity index (χ3v) is 6.62. The molecule has 0 aromatic heterocycles. The van der Waals surface area contributed by atoms with Crippen molar-refractivity contribution in [1.29, 1.82) is 0 Å². The van der Waals surface area contributed by atoms with Crippen LogP contribution in [-0.4, -0.2) is 37.3 Å². The van der Waals surface area contributed by atoms with Gasteiger partial charge < -0.3 is 24.8 Å². The van der Waals surface area contributed by atoms with Crippen molar-refractivity contribution < 1.29 is 23.8 Å². The second kappa shape index (κ2) is 8.82. The fourth-order valence-corrected chi connectivity index (χ4v) is 4.92. The molecule has 7 heteroatoms. The Labute approximate surface area is 187 Å². The van der Waals surface area contributed by atoms with Crippen molar-refractivity contribution in [2.24, 2.45) is 0 Å². The lowest BCUT2D eigenvalue weighted by atomic mass is 9.85. The topological polar surface area (TPSA) is 85.9 Å². The first-order chi connectivity index (χ1) is 15.6. The lowest BCUT2D eigenvalue weighted by Crippen LogP contribution is -2.44. The third-order valence-electron chi connectivity index (χ3n) is 6.62. The molecule has 0 spiro atoms. The maximum atomic E-state index is 12.7. The standard InChI is InChI=1S/C25H28N2O5/c28-23(26-15-22-19-4-2-1-3-18(19)9-12-30-22)7-10-25(11-8-24(29)27-25)14-17-5-6-20-21(13-17)32-16-31-20/h1-6,13,22H,7-12,14-16H2,(H,26,28)(H,27,29)/t22-,25+/m1/s1. The number of hydrogen-bond donors (Lipinski definition) is 2. The van der Waals surface area contributed by atoms with E-state index in [0.29, 0.717) is 45.3 Å². The number of fused-ring (bicyclic) bond motifs is 2. The summed E-state index contributed by atoms with van der Waals surface area (Å²) in [6, 6.07) is 14.1. The smallest absolute Gasteiger partial charge is 0.231 e. The van der Waals surface area contributed by atoms with E-state index in [0.717, 1.165) is 29.0 Å². The Hall–Kier alpha value is -3.06. The minimum atomic E-state index is -0.421. The van der Waals surface area contributed by atoms with Crippen LogP contribution in [0.3, 0.4) is 0 Å². The highest BCUT2D eigenvalue weighted by Gasteiger charge is 2.38. The fraction of sp³-hybridized carbons (Fsp3) is 0.440. The number of carbonyl (C=O) groups excluding carboxylic acids is 2. The van der Waals surface area contributed by atoms with Crippen LogP contribution in [0, 0.1) is 0 Å². The quantitative estimate of drug-likeness (QED) is 0.697. The molecule has 168 valence electrons. The lowest BCUT2D eigenvalue weighted by molar-refractivity contribution is -0.123. The van der Waals surface area contributed by atoms with Gasteiger partial charge in [-0.2, -0.15) is 0 Å². The summed E-state index contributed by atoms with van der Waals surface area (Å²) in [4.78, 5) is 24.7. The van der Waals surface area contributed by atoms with Gasteiger partial charge in [0.2, 0.25) is 18.6 Å². The summed E-state index contributed by atoms with van der Waals surface area (Å²) in [6.07, 6.45) is 3.58. The number of rotatable bonds is 7. The molecule has 0 bridgehead atoms. The Kier molecular flexibility index (Phi) is 5.74.